The van der Waals surface area contributed by atoms with Gasteiger partial charge in [-0.3, -0.25) is 9.78 Å². The van der Waals surface area contributed by atoms with Crippen LogP contribution in [0.2, 0.25) is 0 Å². The first kappa shape index (κ1) is 27.3. The minimum atomic E-state index is -4.51. The summed E-state index contributed by atoms with van der Waals surface area (Å²) in [6.07, 6.45) is 6.30. The molecule has 2 aromatic heterocycles. The highest BCUT2D eigenvalue weighted by molar-refractivity contribution is 5.95. The van der Waals surface area contributed by atoms with Crippen molar-refractivity contribution in [2.75, 3.05) is 11.4 Å². The van der Waals surface area contributed by atoms with Gasteiger partial charge in [-0.05, 0) is 105 Å². The molecule has 6 nitrogen and oxygen atoms in total. The molecule has 10 heteroatoms. The van der Waals surface area contributed by atoms with Crippen molar-refractivity contribution in [3.05, 3.63) is 60.0 Å². The minimum Gasteiger partial charge on any atom is -0.339 e. The van der Waals surface area contributed by atoms with Crippen LogP contribution in [0.1, 0.15) is 100 Å². The number of carbonyl (C=O) groups is 1. The largest absolute Gasteiger partial charge is 0.433 e. The van der Waals surface area contributed by atoms with Crippen LogP contribution in [0, 0.1) is 10.8 Å². The molecule has 0 N–H and O–H groups in total. The van der Waals surface area contributed by atoms with Crippen molar-refractivity contribution in [3.63, 3.8) is 0 Å². The number of pyridine rings is 1. The highest BCUT2D eigenvalue weighted by atomic mass is 19.4. The van der Waals surface area contributed by atoms with Gasteiger partial charge in [-0.1, -0.05) is 23.4 Å². The Labute approximate surface area is 247 Å². The molecule has 0 aliphatic heterocycles. The van der Waals surface area contributed by atoms with Crippen LogP contribution in [-0.4, -0.2) is 33.2 Å². The van der Waals surface area contributed by atoms with Crippen LogP contribution in [0.5, 0.6) is 0 Å². The molecule has 0 unspecified atom stereocenters. The molecular formula is C33H34F4N4O2. The number of hydrogen-bond donors (Lipinski definition) is 0. The zero-order valence-electron chi connectivity index (χ0n) is 23.9. The second-order valence-corrected chi connectivity index (χ2v) is 14.3. The van der Waals surface area contributed by atoms with E-state index < -0.39 is 17.5 Å². The zero-order valence-corrected chi connectivity index (χ0v) is 23.9. The van der Waals surface area contributed by atoms with Gasteiger partial charge in [-0.15, -0.1) is 0 Å². The summed E-state index contributed by atoms with van der Waals surface area (Å²) in [6, 6.07) is 9.80. The van der Waals surface area contributed by atoms with Gasteiger partial charge in [0.1, 0.15) is 11.4 Å². The van der Waals surface area contributed by atoms with Crippen LogP contribution >= 0.6 is 0 Å². The lowest BCUT2D eigenvalue weighted by Crippen LogP contribution is -2.65. The van der Waals surface area contributed by atoms with Gasteiger partial charge in [0.15, 0.2) is 5.82 Å². The molecule has 1 amide bonds. The topological polar surface area (TPSA) is 72.1 Å². The van der Waals surface area contributed by atoms with Crippen LogP contribution < -0.4 is 4.90 Å². The molecule has 2 heterocycles. The summed E-state index contributed by atoms with van der Waals surface area (Å²) in [6.45, 7) is 0.560. The molecule has 10 rings (SSSR count). The maximum Gasteiger partial charge on any atom is 0.433 e. The first-order chi connectivity index (χ1) is 20.5. The number of carbonyl (C=O) groups excluding carboxylic acids is 1. The van der Waals surface area contributed by atoms with E-state index in [-0.39, 0.29) is 22.2 Å². The molecule has 4 bridgehead atoms. The number of aromatic nitrogens is 3. The van der Waals surface area contributed by atoms with Gasteiger partial charge in [0.2, 0.25) is 11.8 Å². The predicted molar refractivity (Wildman–Crippen MR) is 150 cm³/mol. The van der Waals surface area contributed by atoms with E-state index >= 15 is 0 Å². The molecule has 7 aliphatic rings. The summed E-state index contributed by atoms with van der Waals surface area (Å²) >= 11 is 0. The van der Waals surface area contributed by atoms with Gasteiger partial charge in [0.05, 0.1) is 0 Å². The first-order valence-electron chi connectivity index (χ1n) is 15.4. The lowest BCUT2D eigenvalue weighted by Gasteiger charge is -2.66. The van der Waals surface area contributed by atoms with E-state index in [0.717, 1.165) is 69.1 Å². The molecule has 0 atom stereocenters. The highest BCUT2D eigenvalue weighted by Gasteiger charge is 2.69. The molecule has 7 fully saturated rings. The number of halogens is 4. The lowest BCUT2D eigenvalue weighted by atomic mass is 9.41. The predicted octanol–water partition coefficient (Wildman–Crippen LogP) is 7.94. The molecule has 1 aromatic carbocycles. The van der Waals surface area contributed by atoms with E-state index in [0.29, 0.717) is 55.0 Å². The van der Waals surface area contributed by atoms with Crippen molar-refractivity contribution >= 4 is 11.6 Å². The maximum absolute atomic E-state index is 14.3. The fourth-order valence-electron chi connectivity index (χ4n) is 8.49. The molecule has 3 aromatic rings. The normalized spacial score (nSPS) is 32.7. The van der Waals surface area contributed by atoms with Crippen molar-refractivity contribution in [3.8, 4) is 11.1 Å². The number of rotatable bonds is 8. The Morgan fingerprint density at radius 1 is 0.953 bits per heavy atom. The number of anilines is 1. The van der Waals surface area contributed by atoms with Gasteiger partial charge in [-0.25, -0.2) is 4.39 Å². The van der Waals surface area contributed by atoms with E-state index in [1.54, 1.807) is 0 Å². The molecule has 0 saturated heterocycles. The summed E-state index contributed by atoms with van der Waals surface area (Å²) in [7, 11) is 0. The van der Waals surface area contributed by atoms with Crippen LogP contribution in [0.4, 0.5) is 23.2 Å². The van der Waals surface area contributed by atoms with Crippen molar-refractivity contribution < 1.29 is 26.9 Å². The number of amides is 1. The van der Waals surface area contributed by atoms with Crippen LogP contribution in [0.25, 0.3) is 11.1 Å². The second-order valence-electron chi connectivity index (χ2n) is 14.3. The van der Waals surface area contributed by atoms with Gasteiger partial charge >= 0.3 is 6.18 Å². The zero-order chi connectivity index (χ0) is 29.7. The van der Waals surface area contributed by atoms with Crippen molar-refractivity contribution in [2.45, 2.75) is 100 Å². The number of alkyl halides is 4. The Hall–Kier alpha value is -3.30. The van der Waals surface area contributed by atoms with Crippen LogP contribution in [-0.2, 0) is 16.4 Å². The van der Waals surface area contributed by atoms with Crippen molar-refractivity contribution in [1.29, 1.82) is 0 Å². The molecule has 0 radical (unpaired) electrons. The Kier molecular flexibility index (Phi) is 5.78. The number of nitrogens with zero attached hydrogens (tertiary/aromatic N) is 4. The van der Waals surface area contributed by atoms with E-state index in [1.165, 1.54) is 12.3 Å². The van der Waals surface area contributed by atoms with Gasteiger partial charge in [0, 0.05) is 41.7 Å². The number of hydrogen-bond acceptors (Lipinski definition) is 5. The van der Waals surface area contributed by atoms with E-state index in [1.807, 2.05) is 29.2 Å². The van der Waals surface area contributed by atoms with Gasteiger partial charge in [-0.2, -0.15) is 18.2 Å². The van der Waals surface area contributed by atoms with Crippen molar-refractivity contribution in [2.24, 2.45) is 10.8 Å². The van der Waals surface area contributed by atoms with Crippen molar-refractivity contribution in [1.82, 2.24) is 15.1 Å². The fraction of sp³-hybridized carbons (Fsp3) is 0.576. The summed E-state index contributed by atoms with van der Waals surface area (Å²) in [4.78, 5) is 24.3. The summed E-state index contributed by atoms with van der Waals surface area (Å²) < 4.78 is 59.4. The standard InChI is InChI=1S/C33H34F4N4O2/c34-32-17-30(18-32,19-32)15-26(42)41(24-3-1-2-22(14-24)23-6-7-25(38-16-23)33(35,36)37)20-29-8-11-31(12-9-29,13-10-29)28-39-27(40-43-28)21-4-5-21/h1-3,6-7,14,16,21H,4-5,8-13,15,17-20H2. The quantitative estimate of drug-likeness (QED) is 0.248. The Bertz CT molecular complexity index is 1530. The summed E-state index contributed by atoms with van der Waals surface area (Å²) in [5.74, 6) is 2.06. The molecule has 0 spiro atoms. The molecule has 7 aliphatic carbocycles. The van der Waals surface area contributed by atoms with E-state index in [2.05, 4.69) is 10.1 Å². The Morgan fingerprint density at radius 3 is 2.28 bits per heavy atom. The molecule has 7 saturated carbocycles. The van der Waals surface area contributed by atoms with E-state index in [4.69, 9.17) is 9.51 Å². The Morgan fingerprint density at radius 2 is 1.67 bits per heavy atom. The van der Waals surface area contributed by atoms with E-state index in [9.17, 15) is 22.4 Å². The van der Waals surface area contributed by atoms with Gasteiger partial charge < -0.3 is 9.42 Å². The average molecular weight is 595 g/mol. The Balaban J connectivity index is 1.05. The number of benzene rings is 1. The van der Waals surface area contributed by atoms with Gasteiger partial charge in [0.25, 0.3) is 0 Å². The third kappa shape index (κ3) is 4.67. The molecular weight excluding hydrogens is 560 g/mol. The fourth-order valence-corrected chi connectivity index (χ4v) is 8.49. The lowest BCUT2D eigenvalue weighted by molar-refractivity contribution is -0.215. The SMILES string of the molecule is O=C(CC12CC(F)(C1)C2)N(CC12CCC(c3nc(C4CC4)no3)(CC1)CC2)c1cccc(-c2ccc(C(F)(F)F)nc2)c1. The smallest absolute Gasteiger partial charge is 0.339 e. The molecule has 43 heavy (non-hydrogen) atoms. The minimum absolute atomic E-state index is 0.00722. The summed E-state index contributed by atoms with van der Waals surface area (Å²) in [5.41, 5.74) is -0.446. The maximum atomic E-state index is 14.3. The third-order valence-electron chi connectivity index (χ3n) is 11.2. The monoisotopic (exact) mass is 594 g/mol. The molecule has 226 valence electrons. The third-order valence-corrected chi connectivity index (χ3v) is 11.2. The first-order valence-corrected chi connectivity index (χ1v) is 15.4. The van der Waals surface area contributed by atoms with Crippen LogP contribution in [0.15, 0.2) is 47.1 Å². The average Bonchev–Trinajstić information content (AvgIpc) is 3.70. The summed E-state index contributed by atoms with van der Waals surface area (Å²) in [5, 5.41) is 4.27. The number of fused-ring (bicyclic) bond motifs is 3. The van der Waals surface area contributed by atoms with Crippen LogP contribution in [0.3, 0.4) is 0 Å². The highest BCUT2D eigenvalue weighted by Crippen LogP contribution is 2.71. The second kappa shape index (κ2) is 9.11.